The van der Waals surface area contributed by atoms with Crippen molar-refractivity contribution in [1.29, 1.82) is 0 Å². The van der Waals surface area contributed by atoms with Crippen LogP contribution in [0.2, 0.25) is 0 Å². The average Bonchev–Trinajstić information content (AvgIpc) is 2.55. The molecule has 0 saturated heterocycles. The first-order valence-electron chi connectivity index (χ1n) is 7.77. The molecule has 0 aliphatic carbocycles. The van der Waals surface area contributed by atoms with Gasteiger partial charge in [0.1, 0.15) is 16.9 Å². The van der Waals surface area contributed by atoms with E-state index in [0.29, 0.717) is 11.1 Å². The molecular weight excluding hydrogens is 308 g/mol. The first-order chi connectivity index (χ1) is 11.5. The van der Waals surface area contributed by atoms with Crippen LogP contribution in [-0.2, 0) is 9.47 Å². The molecule has 0 spiro atoms. The van der Waals surface area contributed by atoms with Crippen LogP contribution in [0.5, 0.6) is 5.75 Å². The van der Waals surface area contributed by atoms with Crippen LogP contribution in [0.15, 0.2) is 36.4 Å². The van der Waals surface area contributed by atoms with Crippen molar-refractivity contribution in [2.45, 2.75) is 20.8 Å². The third kappa shape index (κ3) is 3.40. The van der Waals surface area contributed by atoms with Crippen LogP contribution < -0.4 is 0 Å². The largest absolute Gasteiger partial charge is 0.506 e. The average molecular weight is 328 g/mol. The Balaban J connectivity index is 2.72. The molecule has 2 rings (SSSR count). The number of benzene rings is 2. The van der Waals surface area contributed by atoms with Gasteiger partial charge in [0.2, 0.25) is 0 Å². The Morgan fingerprint density at radius 1 is 0.958 bits per heavy atom. The Bertz CT molecular complexity index is 750. The Morgan fingerprint density at radius 3 is 2.04 bits per heavy atom. The Kier molecular flexibility index (Phi) is 5.58. The van der Waals surface area contributed by atoms with E-state index in [2.05, 4.69) is 0 Å². The monoisotopic (exact) mass is 328 g/mol. The predicted molar refractivity (Wildman–Crippen MR) is 90.2 cm³/mol. The Labute approximate surface area is 140 Å². The van der Waals surface area contributed by atoms with Crippen molar-refractivity contribution in [3.8, 4) is 16.9 Å². The highest BCUT2D eigenvalue weighted by Gasteiger charge is 2.27. The molecule has 0 fully saturated rings. The first-order valence-corrected chi connectivity index (χ1v) is 7.77. The molecule has 0 radical (unpaired) electrons. The molecule has 5 nitrogen and oxygen atoms in total. The molecule has 0 amide bonds. The minimum Gasteiger partial charge on any atom is -0.506 e. The first kappa shape index (κ1) is 17.5. The number of phenolic OH excluding ortho intramolecular Hbond substituents is 1. The molecule has 0 saturated carbocycles. The lowest BCUT2D eigenvalue weighted by molar-refractivity contribution is 0.0519. The summed E-state index contributed by atoms with van der Waals surface area (Å²) in [5, 5.41) is 10.6. The normalized spacial score (nSPS) is 10.3. The van der Waals surface area contributed by atoms with Gasteiger partial charge in [-0.25, -0.2) is 9.59 Å². The summed E-state index contributed by atoms with van der Waals surface area (Å²) in [5.74, 6) is -1.76. The molecule has 24 heavy (non-hydrogen) atoms. The molecule has 2 aromatic carbocycles. The van der Waals surface area contributed by atoms with Gasteiger partial charge in [0.15, 0.2) is 0 Å². The number of phenols is 1. The fourth-order valence-electron chi connectivity index (χ4n) is 2.52. The van der Waals surface area contributed by atoms with Crippen molar-refractivity contribution in [3.63, 3.8) is 0 Å². The number of rotatable bonds is 5. The molecule has 2 aromatic rings. The van der Waals surface area contributed by atoms with Crippen molar-refractivity contribution in [2.75, 3.05) is 13.2 Å². The number of hydrogen-bond acceptors (Lipinski definition) is 5. The Morgan fingerprint density at radius 2 is 1.50 bits per heavy atom. The molecule has 0 aromatic heterocycles. The number of aryl methyl sites for hydroxylation is 1. The minimum atomic E-state index is -0.681. The summed E-state index contributed by atoms with van der Waals surface area (Å²) in [6.45, 7) is 5.38. The fourth-order valence-corrected chi connectivity index (χ4v) is 2.52. The van der Waals surface area contributed by atoms with Gasteiger partial charge in [0.05, 0.1) is 13.2 Å². The van der Waals surface area contributed by atoms with Crippen molar-refractivity contribution >= 4 is 11.9 Å². The molecule has 126 valence electrons. The zero-order valence-corrected chi connectivity index (χ0v) is 14.0. The lowest BCUT2D eigenvalue weighted by Gasteiger charge is -2.16. The molecule has 0 unspecified atom stereocenters. The standard InChI is InChI=1S/C19H20O5/c1-4-23-18(21)15-12(3)11-14(13-9-7-6-8-10-13)16(17(15)20)19(22)24-5-2/h6-11,20H,4-5H2,1-3H3. The van der Waals surface area contributed by atoms with Crippen LogP contribution in [-0.4, -0.2) is 30.3 Å². The van der Waals surface area contributed by atoms with Gasteiger partial charge in [-0.3, -0.25) is 0 Å². The summed E-state index contributed by atoms with van der Waals surface area (Å²) >= 11 is 0. The van der Waals surface area contributed by atoms with Crippen molar-refractivity contribution in [1.82, 2.24) is 0 Å². The van der Waals surface area contributed by atoms with Gasteiger partial charge >= 0.3 is 11.9 Å². The summed E-state index contributed by atoms with van der Waals surface area (Å²) < 4.78 is 10.0. The summed E-state index contributed by atoms with van der Waals surface area (Å²) in [7, 11) is 0. The summed E-state index contributed by atoms with van der Waals surface area (Å²) in [4.78, 5) is 24.5. The summed E-state index contributed by atoms with van der Waals surface area (Å²) in [5.41, 5.74) is 1.74. The highest BCUT2D eigenvalue weighted by molar-refractivity contribution is 6.06. The second kappa shape index (κ2) is 7.64. The molecule has 0 bridgehead atoms. The van der Waals surface area contributed by atoms with Gasteiger partial charge in [-0.05, 0) is 38.0 Å². The quantitative estimate of drug-likeness (QED) is 0.847. The highest BCUT2D eigenvalue weighted by atomic mass is 16.5. The zero-order chi connectivity index (χ0) is 17.7. The maximum Gasteiger partial charge on any atom is 0.342 e. The van der Waals surface area contributed by atoms with E-state index in [-0.39, 0.29) is 24.3 Å². The number of ether oxygens (including phenoxy) is 2. The molecule has 5 heteroatoms. The third-order valence-electron chi connectivity index (χ3n) is 3.54. The van der Waals surface area contributed by atoms with Gasteiger partial charge in [0, 0.05) is 5.56 Å². The van der Waals surface area contributed by atoms with Crippen LogP contribution in [0.4, 0.5) is 0 Å². The van der Waals surface area contributed by atoms with E-state index in [1.54, 1.807) is 26.8 Å². The minimum absolute atomic E-state index is 0.0143. The van der Waals surface area contributed by atoms with Crippen LogP contribution >= 0.6 is 0 Å². The molecular formula is C19H20O5. The third-order valence-corrected chi connectivity index (χ3v) is 3.54. The van der Waals surface area contributed by atoms with Crippen LogP contribution in [0.1, 0.15) is 40.1 Å². The lowest BCUT2D eigenvalue weighted by atomic mass is 9.93. The number of esters is 2. The van der Waals surface area contributed by atoms with Crippen LogP contribution in [0, 0.1) is 6.92 Å². The van der Waals surface area contributed by atoms with Gasteiger partial charge in [-0.2, -0.15) is 0 Å². The van der Waals surface area contributed by atoms with Gasteiger partial charge in [0.25, 0.3) is 0 Å². The summed E-state index contributed by atoms with van der Waals surface area (Å²) in [6, 6.07) is 10.8. The summed E-state index contributed by atoms with van der Waals surface area (Å²) in [6.07, 6.45) is 0. The lowest BCUT2D eigenvalue weighted by Crippen LogP contribution is -2.13. The molecule has 0 atom stereocenters. The van der Waals surface area contributed by atoms with E-state index >= 15 is 0 Å². The second-order valence-electron chi connectivity index (χ2n) is 5.15. The maximum atomic E-state index is 12.4. The van der Waals surface area contributed by atoms with Crippen molar-refractivity contribution in [3.05, 3.63) is 53.1 Å². The SMILES string of the molecule is CCOC(=O)c1c(C)cc(-c2ccccc2)c(C(=O)OCC)c1O. The predicted octanol–water partition coefficient (Wildman–Crippen LogP) is 3.72. The molecule has 1 N–H and O–H groups in total. The number of carbonyl (C=O) groups excluding carboxylic acids is 2. The van der Waals surface area contributed by atoms with E-state index in [4.69, 9.17) is 9.47 Å². The molecule has 0 aliphatic heterocycles. The molecule has 0 aliphatic rings. The maximum absolute atomic E-state index is 12.4. The van der Waals surface area contributed by atoms with E-state index in [9.17, 15) is 14.7 Å². The van der Waals surface area contributed by atoms with Gasteiger partial charge in [-0.15, -0.1) is 0 Å². The Hall–Kier alpha value is -2.82. The van der Waals surface area contributed by atoms with E-state index in [1.807, 2.05) is 30.3 Å². The van der Waals surface area contributed by atoms with Crippen LogP contribution in [0.3, 0.4) is 0 Å². The highest BCUT2D eigenvalue weighted by Crippen LogP contribution is 2.36. The topological polar surface area (TPSA) is 72.8 Å². The van der Waals surface area contributed by atoms with E-state index < -0.39 is 17.7 Å². The number of carbonyl (C=O) groups is 2. The van der Waals surface area contributed by atoms with Crippen LogP contribution in [0.25, 0.3) is 11.1 Å². The molecule has 0 heterocycles. The van der Waals surface area contributed by atoms with Gasteiger partial charge < -0.3 is 14.6 Å². The van der Waals surface area contributed by atoms with E-state index in [1.165, 1.54) is 0 Å². The number of hydrogen-bond donors (Lipinski definition) is 1. The van der Waals surface area contributed by atoms with Gasteiger partial charge in [-0.1, -0.05) is 30.3 Å². The number of aromatic hydroxyl groups is 1. The van der Waals surface area contributed by atoms with Crippen molar-refractivity contribution < 1.29 is 24.2 Å². The van der Waals surface area contributed by atoms with Crippen molar-refractivity contribution in [2.24, 2.45) is 0 Å². The van der Waals surface area contributed by atoms with E-state index in [0.717, 1.165) is 5.56 Å². The fraction of sp³-hybridized carbons (Fsp3) is 0.263. The zero-order valence-electron chi connectivity index (χ0n) is 14.0. The second-order valence-corrected chi connectivity index (χ2v) is 5.15. The smallest absolute Gasteiger partial charge is 0.342 e.